The van der Waals surface area contributed by atoms with Crippen LogP contribution >= 0.6 is 0 Å². The maximum absolute atomic E-state index is 12.6. The van der Waals surface area contributed by atoms with Crippen molar-refractivity contribution in [2.75, 3.05) is 38.5 Å². The SMILES string of the molecule is CCS(=O)(=O)N1CCC(N2CCC[C@@H](C(=O)NCCc3ccccc3)C2)CC1. The highest BCUT2D eigenvalue weighted by molar-refractivity contribution is 7.89. The molecule has 6 nitrogen and oxygen atoms in total. The number of carbonyl (C=O) groups is 1. The second-order valence-corrected chi connectivity index (χ2v) is 10.1. The summed E-state index contributed by atoms with van der Waals surface area (Å²) in [5.41, 5.74) is 1.24. The minimum absolute atomic E-state index is 0.0435. The number of carbonyl (C=O) groups excluding carboxylic acids is 1. The molecule has 7 heteroatoms. The number of benzene rings is 1. The third-order valence-corrected chi connectivity index (χ3v) is 7.96. The zero-order chi connectivity index (χ0) is 20.0. The van der Waals surface area contributed by atoms with Gasteiger partial charge in [-0.1, -0.05) is 30.3 Å². The van der Waals surface area contributed by atoms with Crippen molar-refractivity contribution >= 4 is 15.9 Å². The minimum atomic E-state index is -3.08. The van der Waals surface area contributed by atoms with Crippen molar-refractivity contribution < 1.29 is 13.2 Å². The van der Waals surface area contributed by atoms with E-state index in [1.807, 2.05) is 18.2 Å². The van der Waals surface area contributed by atoms with Gasteiger partial charge in [-0.3, -0.25) is 9.69 Å². The van der Waals surface area contributed by atoms with Gasteiger partial charge >= 0.3 is 0 Å². The third kappa shape index (κ3) is 5.55. The third-order valence-electron chi connectivity index (χ3n) is 6.08. The van der Waals surface area contributed by atoms with Crippen LogP contribution < -0.4 is 5.32 Å². The standard InChI is InChI=1S/C21H33N3O3S/c1-2-28(26,27)24-15-11-20(12-16-24)23-14-6-9-19(17-23)21(25)22-13-10-18-7-4-3-5-8-18/h3-5,7-8,19-20H,2,6,9-17H2,1H3,(H,22,25)/t19-/m1/s1. The highest BCUT2D eigenvalue weighted by Gasteiger charge is 2.33. The van der Waals surface area contributed by atoms with Crippen LogP contribution in [0, 0.1) is 5.92 Å². The maximum Gasteiger partial charge on any atom is 0.224 e. The van der Waals surface area contributed by atoms with E-state index in [1.165, 1.54) is 5.56 Å². The Hall–Kier alpha value is -1.44. The summed E-state index contributed by atoms with van der Waals surface area (Å²) >= 11 is 0. The normalized spacial score (nSPS) is 22.8. The molecule has 0 saturated carbocycles. The molecule has 1 N–H and O–H groups in total. The number of hydrogen-bond acceptors (Lipinski definition) is 4. The lowest BCUT2D eigenvalue weighted by Crippen LogP contribution is -2.51. The fraction of sp³-hybridized carbons (Fsp3) is 0.667. The number of sulfonamides is 1. The van der Waals surface area contributed by atoms with E-state index < -0.39 is 10.0 Å². The maximum atomic E-state index is 12.6. The lowest BCUT2D eigenvalue weighted by atomic mass is 9.93. The summed E-state index contributed by atoms with van der Waals surface area (Å²) in [6.45, 7) is 5.39. The van der Waals surface area contributed by atoms with E-state index in [0.29, 0.717) is 25.7 Å². The fourth-order valence-electron chi connectivity index (χ4n) is 4.34. The van der Waals surface area contributed by atoms with E-state index in [2.05, 4.69) is 22.3 Å². The highest BCUT2D eigenvalue weighted by Crippen LogP contribution is 2.25. The molecule has 1 aromatic rings. The molecule has 0 unspecified atom stereocenters. The highest BCUT2D eigenvalue weighted by atomic mass is 32.2. The van der Waals surface area contributed by atoms with E-state index in [4.69, 9.17) is 0 Å². The molecule has 2 saturated heterocycles. The molecule has 1 amide bonds. The average Bonchev–Trinajstić information content (AvgIpc) is 2.74. The van der Waals surface area contributed by atoms with Gasteiger partial charge < -0.3 is 5.32 Å². The molecule has 156 valence electrons. The Balaban J connectivity index is 1.44. The summed E-state index contributed by atoms with van der Waals surface area (Å²) in [5, 5.41) is 3.11. The quantitative estimate of drug-likeness (QED) is 0.749. The molecule has 0 bridgehead atoms. The Morgan fingerprint density at radius 3 is 2.50 bits per heavy atom. The summed E-state index contributed by atoms with van der Waals surface area (Å²) in [6, 6.07) is 10.6. The molecule has 2 aliphatic heterocycles. The number of nitrogens with zero attached hydrogens (tertiary/aromatic N) is 2. The van der Waals surface area contributed by atoms with Gasteiger partial charge in [-0.05, 0) is 51.1 Å². The molecule has 0 aromatic heterocycles. The predicted molar refractivity (Wildman–Crippen MR) is 112 cm³/mol. The topological polar surface area (TPSA) is 69.7 Å². The lowest BCUT2D eigenvalue weighted by molar-refractivity contribution is -0.127. The molecule has 2 aliphatic rings. The van der Waals surface area contributed by atoms with Crippen LogP contribution in [-0.4, -0.2) is 68.0 Å². The number of hydrogen-bond donors (Lipinski definition) is 1. The van der Waals surface area contributed by atoms with Crippen LogP contribution in [0.4, 0.5) is 0 Å². The fourth-order valence-corrected chi connectivity index (χ4v) is 5.47. The number of nitrogens with one attached hydrogen (secondary N) is 1. The van der Waals surface area contributed by atoms with Gasteiger partial charge in [-0.2, -0.15) is 0 Å². The lowest BCUT2D eigenvalue weighted by Gasteiger charge is -2.41. The first-order valence-corrected chi connectivity index (χ1v) is 12.1. The van der Waals surface area contributed by atoms with Gasteiger partial charge in [-0.15, -0.1) is 0 Å². The zero-order valence-electron chi connectivity index (χ0n) is 16.8. The van der Waals surface area contributed by atoms with Crippen molar-refractivity contribution in [1.29, 1.82) is 0 Å². The minimum Gasteiger partial charge on any atom is -0.355 e. The van der Waals surface area contributed by atoms with Crippen LogP contribution in [0.3, 0.4) is 0 Å². The van der Waals surface area contributed by atoms with E-state index in [-0.39, 0.29) is 17.6 Å². The molecule has 3 rings (SSSR count). The summed E-state index contributed by atoms with van der Waals surface area (Å²) in [4.78, 5) is 15.0. The Bertz CT molecular complexity index is 731. The second kappa shape index (κ2) is 9.85. The molecule has 0 spiro atoms. The molecule has 0 aliphatic carbocycles. The smallest absolute Gasteiger partial charge is 0.224 e. The van der Waals surface area contributed by atoms with Gasteiger partial charge in [-0.25, -0.2) is 12.7 Å². The summed E-state index contributed by atoms with van der Waals surface area (Å²) in [5.74, 6) is 0.376. The molecule has 28 heavy (non-hydrogen) atoms. The van der Waals surface area contributed by atoms with Crippen molar-refractivity contribution in [3.63, 3.8) is 0 Å². The van der Waals surface area contributed by atoms with Gasteiger partial charge in [0.2, 0.25) is 15.9 Å². The van der Waals surface area contributed by atoms with Crippen LogP contribution in [0.25, 0.3) is 0 Å². The Morgan fingerprint density at radius 1 is 1.11 bits per heavy atom. The van der Waals surface area contributed by atoms with Crippen molar-refractivity contribution in [1.82, 2.24) is 14.5 Å². The predicted octanol–water partition coefficient (Wildman–Crippen LogP) is 1.87. The Labute approximate surface area is 169 Å². The number of rotatable bonds is 7. The van der Waals surface area contributed by atoms with Crippen LogP contribution in [0.15, 0.2) is 30.3 Å². The molecule has 1 aromatic carbocycles. The molecule has 2 heterocycles. The van der Waals surface area contributed by atoms with Gasteiger partial charge in [0.25, 0.3) is 0 Å². The van der Waals surface area contributed by atoms with Gasteiger partial charge in [0.1, 0.15) is 0 Å². The number of piperidine rings is 2. The number of likely N-dealkylation sites (tertiary alicyclic amines) is 1. The van der Waals surface area contributed by atoms with Gasteiger partial charge in [0.15, 0.2) is 0 Å². The first-order chi connectivity index (χ1) is 13.5. The van der Waals surface area contributed by atoms with Crippen molar-refractivity contribution in [2.45, 2.75) is 45.1 Å². The Morgan fingerprint density at radius 2 is 1.82 bits per heavy atom. The zero-order valence-corrected chi connectivity index (χ0v) is 17.7. The molecular formula is C21H33N3O3S. The Kier molecular flexibility index (Phi) is 7.48. The number of amides is 1. The molecular weight excluding hydrogens is 374 g/mol. The van der Waals surface area contributed by atoms with Crippen LogP contribution in [-0.2, 0) is 21.2 Å². The van der Waals surface area contributed by atoms with Crippen molar-refractivity contribution in [2.24, 2.45) is 5.92 Å². The van der Waals surface area contributed by atoms with E-state index in [1.54, 1.807) is 11.2 Å². The van der Waals surface area contributed by atoms with Gasteiger partial charge in [0.05, 0.1) is 11.7 Å². The van der Waals surface area contributed by atoms with E-state index in [0.717, 1.165) is 45.2 Å². The first kappa shape index (κ1) is 21.3. The monoisotopic (exact) mass is 407 g/mol. The van der Waals surface area contributed by atoms with Gasteiger partial charge in [0, 0.05) is 32.2 Å². The molecule has 1 atom stereocenters. The molecule has 2 fully saturated rings. The largest absolute Gasteiger partial charge is 0.355 e. The van der Waals surface area contributed by atoms with E-state index in [9.17, 15) is 13.2 Å². The first-order valence-electron chi connectivity index (χ1n) is 10.5. The second-order valence-electron chi connectivity index (χ2n) is 7.89. The molecule has 0 radical (unpaired) electrons. The van der Waals surface area contributed by atoms with Crippen LogP contribution in [0.2, 0.25) is 0 Å². The van der Waals surface area contributed by atoms with Crippen LogP contribution in [0.5, 0.6) is 0 Å². The van der Waals surface area contributed by atoms with Crippen LogP contribution in [0.1, 0.15) is 38.2 Å². The summed E-state index contributed by atoms with van der Waals surface area (Å²) < 4.78 is 25.7. The summed E-state index contributed by atoms with van der Waals surface area (Å²) in [7, 11) is -3.08. The van der Waals surface area contributed by atoms with E-state index >= 15 is 0 Å². The summed E-state index contributed by atoms with van der Waals surface area (Å²) in [6.07, 6.45) is 4.55. The average molecular weight is 408 g/mol. The van der Waals surface area contributed by atoms with Crippen molar-refractivity contribution in [3.8, 4) is 0 Å². The van der Waals surface area contributed by atoms with Crippen molar-refractivity contribution in [3.05, 3.63) is 35.9 Å².